The van der Waals surface area contributed by atoms with Crippen LogP contribution < -0.4 is 15.0 Å². The number of hydrogen-bond donors (Lipinski definition) is 1. The van der Waals surface area contributed by atoms with E-state index < -0.39 is 6.10 Å². The third-order valence-corrected chi connectivity index (χ3v) is 4.13. The Balaban J connectivity index is 1.82. The highest BCUT2D eigenvalue weighted by Gasteiger charge is 2.32. The number of para-hydroxylation sites is 2. The Bertz CT molecular complexity index is 807. The Hall–Kier alpha value is -2.53. The lowest BCUT2D eigenvalue weighted by atomic mass is 10.1. The van der Waals surface area contributed by atoms with Crippen LogP contribution >= 0.6 is 11.6 Å². The SMILES string of the molecule is CC(=O)N1C[C@@H](C(=O)Nc2ccc(Cl)cc2C)Oc2ccccc21. The number of ether oxygens (including phenoxy) is 1. The van der Waals surface area contributed by atoms with E-state index in [-0.39, 0.29) is 18.4 Å². The minimum atomic E-state index is -0.779. The van der Waals surface area contributed by atoms with E-state index in [2.05, 4.69) is 5.32 Å². The van der Waals surface area contributed by atoms with Gasteiger partial charge in [-0.15, -0.1) is 0 Å². The molecule has 124 valence electrons. The largest absolute Gasteiger partial charge is 0.476 e. The maximum Gasteiger partial charge on any atom is 0.267 e. The standard InChI is InChI=1S/C18H17ClN2O3/c1-11-9-13(19)7-8-14(11)20-18(23)17-10-21(12(2)22)15-5-3-4-6-16(15)24-17/h3-9,17H,10H2,1-2H3,(H,20,23)/t17-/m0/s1. The highest BCUT2D eigenvalue weighted by atomic mass is 35.5. The maximum absolute atomic E-state index is 12.6. The number of carbonyl (C=O) groups excluding carboxylic acids is 2. The van der Waals surface area contributed by atoms with Gasteiger partial charge in [-0.25, -0.2) is 0 Å². The van der Waals surface area contributed by atoms with Gasteiger partial charge >= 0.3 is 0 Å². The molecule has 0 unspecified atom stereocenters. The van der Waals surface area contributed by atoms with Crippen molar-refractivity contribution in [3.8, 4) is 5.75 Å². The summed E-state index contributed by atoms with van der Waals surface area (Å²) in [7, 11) is 0. The Kier molecular flexibility index (Phi) is 4.44. The zero-order valence-electron chi connectivity index (χ0n) is 13.4. The second-order valence-electron chi connectivity index (χ2n) is 5.65. The van der Waals surface area contributed by atoms with Gasteiger partial charge in [0.25, 0.3) is 5.91 Å². The van der Waals surface area contributed by atoms with E-state index in [1.165, 1.54) is 6.92 Å². The number of halogens is 1. The van der Waals surface area contributed by atoms with Gasteiger partial charge in [-0.3, -0.25) is 9.59 Å². The number of fused-ring (bicyclic) bond motifs is 1. The summed E-state index contributed by atoms with van der Waals surface area (Å²) in [6, 6.07) is 12.4. The van der Waals surface area contributed by atoms with Crippen molar-refractivity contribution in [2.75, 3.05) is 16.8 Å². The number of benzene rings is 2. The van der Waals surface area contributed by atoms with Gasteiger partial charge in [-0.05, 0) is 42.8 Å². The van der Waals surface area contributed by atoms with Crippen LogP contribution in [-0.2, 0) is 9.59 Å². The predicted molar refractivity (Wildman–Crippen MR) is 93.7 cm³/mol. The summed E-state index contributed by atoms with van der Waals surface area (Å²) >= 11 is 5.93. The van der Waals surface area contributed by atoms with Gasteiger partial charge in [0.15, 0.2) is 6.10 Å². The first-order valence-electron chi connectivity index (χ1n) is 7.56. The van der Waals surface area contributed by atoms with Crippen LogP contribution in [-0.4, -0.2) is 24.5 Å². The van der Waals surface area contributed by atoms with Crippen LogP contribution in [0.5, 0.6) is 5.75 Å². The number of aryl methyl sites for hydroxylation is 1. The van der Waals surface area contributed by atoms with E-state index in [9.17, 15) is 9.59 Å². The van der Waals surface area contributed by atoms with Gasteiger partial charge in [0, 0.05) is 17.6 Å². The van der Waals surface area contributed by atoms with Crippen molar-refractivity contribution in [1.82, 2.24) is 0 Å². The van der Waals surface area contributed by atoms with Crippen LogP contribution in [0.2, 0.25) is 5.02 Å². The minimum Gasteiger partial charge on any atom is -0.476 e. The Morgan fingerprint density at radius 2 is 2.00 bits per heavy atom. The van der Waals surface area contributed by atoms with E-state index in [1.807, 2.05) is 13.0 Å². The van der Waals surface area contributed by atoms with Gasteiger partial charge in [0.05, 0.1) is 12.2 Å². The topological polar surface area (TPSA) is 58.6 Å². The molecule has 0 radical (unpaired) electrons. The molecular formula is C18H17ClN2O3. The molecule has 2 aromatic carbocycles. The molecule has 2 aromatic rings. The van der Waals surface area contributed by atoms with Crippen LogP contribution in [0.3, 0.4) is 0 Å². The average Bonchev–Trinajstić information content (AvgIpc) is 2.56. The summed E-state index contributed by atoms with van der Waals surface area (Å²) < 4.78 is 5.78. The van der Waals surface area contributed by atoms with Crippen LogP contribution in [0.1, 0.15) is 12.5 Å². The molecule has 0 saturated heterocycles. The summed E-state index contributed by atoms with van der Waals surface area (Å²) in [5, 5.41) is 3.44. The highest BCUT2D eigenvalue weighted by molar-refractivity contribution is 6.30. The molecule has 24 heavy (non-hydrogen) atoms. The normalized spacial score (nSPS) is 16.1. The monoisotopic (exact) mass is 344 g/mol. The third kappa shape index (κ3) is 3.21. The van der Waals surface area contributed by atoms with Crippen LogP contribution in [0.4, 0.5) is 11.4 Å². The molecule has 1 heterocycles. The lowest BCUT2D eigenvalue weighted by molar-refractivity contribution is -0.123. The van der Waals surface area contributed by atoms with Gasteiger partial charge in [-0.1, -0.05) is 23.7 Å². The predicted octanol–water partition coefficient (Wildman–Crippen LogP) is 3.40. The van der Waals surface area contributed by atoms with Gasteiger partial charge < -0.3 is 15.0 Å². The van der Waals surface area contributed by atoms with Crippen molar-refractivity contribution in [3.05, 3.63) is 53.1 Å². The third-order valence-electron chi connectivity index (χ3n) is 3.89. The zero-order valence-corrected chi connectivity index (χ0v) is 14.1. The lowest BCUT2D eigenvalue weighted by Crippen LogP contribution is -2.48. The number of amides is 2. The van der Waals surface area contributed by atoms with E-state index in [1.54, 1.807) is 41.3 Å². The number of anilines is 2. The van der Waals surface area contributed by atoms with Crippen molar-refractivity contribution in [2.24, 2.45) is 0 Å². The number of nitrogens with one attached hydrogen (secondary N) is 1. The quantitative estimate of drug-likeness (QED) is 0.908. The fourth-order valence-corrected chi connectivity index (χ4v) is 2.88. The average molecular weight is 345 g/mol. The molecule has 0 fully saturated rings. The summed E-state index contributed by atoms with van der Waals surface area (Å²) in [5.41, 5.74) is 2.20. The van der Waals surface area contributed by atoms with Crippen LogP contribution in [0, 0.1) is 6.92 Å². The van der Waals surface area contributed by atoms with E-state index in [0.29, 0.717) is 22.1 Å². The fraction of sp³-hybridized carbons (Fsp3) is 0.222. The van der Waals surface area contributed by atoms with Gasteiger partial charge in [0.1, 0.15) is 5.75 Å². The van der Waals surface area contributed by atoms with Crippen molar-refractivity contribution >= 4 is 34.8 Å². The molecule has 0 saturated carbocycles. The summed E-state index contributed by atoms with van der Waals surface area (Å²) in [6.45, 7) is 3.51. The first-order chi connectivity index (χ1) is 11.5. The van der Waals surface area contributed by atoms with Gasteiger partial charge in [-0.2, -0.15) is 0 Å². The second kappa shape index (κ2) is 6.53. The molecule has 2 amide bonds. The van der Waals surface area contributed by atoms with Crippen LogP contribution in [0.15, 0.2) is 42.5 Å². The number of nitrogens with zero attached hydrogens (tertiary/aromatic N) is 1. The molecule has 3 rings (SSSR count). The molecule has 0 aromatic heterocycles. The van der Waals surface area contributed by atoms with Gasteiger partial charge in [0.2, 0.25) is 5.91 Å². The molecule has 0 spiro atoms. The van der Waals surface area contributed by atoms with E-state index in [0.717, 1.165) is 5.56 Å². The Morgan fingerprint density at radius 1 is 1.25 bits per heavy atom. The van der Waals surface area contributed by atoms with Crippen LogP contribution in [0.25, 0.3) is 0 Å². The summed E-state index contributed by atoms with van der Waals surface area (Å²) in [5.74, 6) is 0.0827. The molecule has 0 bridgehead atoms. The first-order valence-corrected chi connectivity index (χ1v) is 7.94. The van der Waals surface area contributed by atoms with Crippen molar-refractivity contribution in [1.29, 1.82) is 0 Å². The number of carbonyl (C=O) groups is 2. The number of rotatable bonds is 2. The Morgan fingerprint density at radius 3 is 2.71 bits per heavy atom. The molecule has 1 N–H and O–H groups in total. The maximum atomic E-state index is 12.6. The molecule has 1 aliphatic heterocycles. The highest BCUT2D eigenvalue weighted by Crippen LogP contribution is 2.33. The first kappa shape index (κ1) is 16.3. The number of hydrogen-bond acceptors (Lipinski definition) is 3. The molecule has 5 nitrogen and oxygen atoms in total. The summed E-state index contributed by atoms with van der Waals surface area (Å²) in [4.78, 5) is 26.0. The minimum absolute atomic E-state index is 0.133. The van der Waals surface area contributed by atoms with E-state index >= 15 is 0 Å². The zero-order chi connectivity index (χ0) is 17.3. The lowest BCUT2D eigenvalue weighted by Gasteiger charge is -2.33. The second-order valence-corrected chi connectivity index (χ2v) is 6.09. The summed E-state index contributed by atoms with van der Waals surface area (Å²) in [6.07, 6.45) is -0.779. The van der Waals surface area contributed by atoms with Crippen molar-refractivity contribution < 1.29 is 14.3 Å². The van der Waals surface area contributed by atoms with Crippen molar-refractivity contribution in [3.63, 3.8) is 0 Å². The van der Waals surface area contributed by atoms with E-state index in [4.69, 9.17) is 16.3 Å². The smallest absolute Gasteiger partial charge is 0.267 e. The Labute approximate surface area is 145 Å². The molecule has 1 aliphatic rings. The fourth-order valence-electron chi connectivity index (χ4n) is 2.65. The molecule has 0 aliphatic carbocycles. The molecular weight excluding hydrogens is 328 g/mol. The van der Waals surface area contributed by atoms with Crippen molar-refractivity contribution in [2.45, 2.75) is 20.0 Å². The molecule has 1 atom stereocenters. The molecule has 6 heteroatoms.